The molecule has 2 rings (SSSR count). The molecule has 1 atom stereocenters. The molecule has 1 aliphatic carbocycles. The van der Waals surface area contributed by atoms with Crippen LogP contribution in [0.3, 0.4) is 0 Å². The van der Waals surface area contributed by atoms with E-state index in [1.807, 2.05) is 31.3 Å². The van der Waals surface area contributed by atoms with Crippen LogP contribution in [0.15, 0.2) is 12.4 Å². The molecule has 1 unspecified atom stereocenters. The summed E-state index contributed by atoms with van der Waals surface area (Å²) in [5, 5.41) is 0. The van der Waals surface area contributed by atoms with Crippen molar-refractivity contribution in [3.05, 3.63) is 18.0 Å². The van der Waals surface area contributed by atoms with Crippen LogP contribution in [0.25, 0.3) is 0 Å². The van der Waals surface area contributed by atoms with Crippen LogP contribution in [0.5, 0.6) is 0 Å². The van der Waals surface area contributed by atoms with Gasteiger partial charge < -0.3 is 10.6 Å². The lowest BCUT2D eigenvalue weighted by Gasteiger charge is -2.25. The molecule has 1 saturated carbocycles. The highest BCUT2D eigenvalue weighted by Gasteiger charge is 2.20. The lowest BCUT2D eigenvalue weighted by molar-refractivity contribution is 0.417. The van der Waals surface area contributed by atoms with Gasteiger partial charge in [-0.25, -0.2) is 9.97 Å². The van der Waals surface area contributed by atoms with E-state index in [4.69, 9.17) is 5.73 Å². The molecule has 4 nitrogen and oxygen atoms in total. The minimum atomic E-state index is 0.139. The molecule has 1 aromatic rings. The van der Waals surface area contributed by atoms with E-state index in [1.54, 1.807) is 0 Å². The SMILES string of the molecule is CC(N)CN(C)c1ncc(C2CCC2)cn1. The van der Waals surface area contributed by atoms with Crippen molar-refractivity contribution in [2.24, 2.45) is 5.73 Å². The van der Waals surface area contributed by atoms with Crippen LogP contribution < -0.4 is 10.6 Å². The van der Waals surface area contributed by atoms with E-state index < -0.39 is 0 Å². The third-order valence-corrected chi connectivity index (χ3v) is 3.14. The van der Waals surface area contributed by atoms with Gasteiger partial charge in [0.05, 0.1) is 0 Å². The second kappa shape index (κ2) is 4.78. The van der Waals surface area contributed by atoms with Crippen molar-refractivity contribution in [1.82, 2.24) is 9.97 Å². The maximum absolute atomic E-state index is 5.74. The normalized spacial score (nSPS) is 17.9. The molecular formula is C12H20N4. The van der Waals surface area contributed by atoms with Gasteiger partial charge in [-0.05, 0) is 31.2 Å². The van der Waals surface area contributed by atoms with Crippen molar-refractivity contribution in [2.75, 3.05) is 18.5 Å². The Labute approximate surface area is 96.9 Å². The number of hydrogen-bond donors (Lipinski definition) is 1. The van der Waals surface area contributed by atoms with E-state index in [9.17, 15) is 0 Å². The topological polar surface area (TPSA) is 55.0 Å². The fourth-order valence-electron chi connectivity index (χ4n) is 1.99. The van der Waals surface area contributed by atoms with Gasteiger partial charge in [-0.3, -0.25) is 0 Å². The third kappa shape index (κ3) is 2.50. The molecule has 0 radical (unpaired) electrons. The molecule has 4 heteroatoms. The minimum absolute atomic E-state index is 0.139. The van der Waals surface area contributed by atoms with Crippen molar-refractivity contribution in [1.29, 1.82) is 0 Å². The summed E-state index contributed by atoms with van der Waals surface area (Å²) >= 11 is 0. The van der Waals surface area contributed by atoms with Gasteiger partial charge in [0.25, 0.3) is 0 Å². The molecule has 0 amide bonds. The number of hydrogen-bond acceptors (Lipinski definition) is 4. The number of anilines is 1. The number of nitrogens with two attached hydrogens (primary N) is 1. The molecule has 0 spiro atoms. The van der Waals surface area contributed by atoms with Crippen molar-refractivity contribution >= 4 is 5.95 Å². The second-order valence-corrected chi connectivity index (χ2v) is 4.80. The zero-order valence-corrected chi connectivity index (χ0v) is 10.1. The molecule has 0 aliphatic heterocycles. The zero-order chi connectivity index (χ0) is 11.5. The highest BCUT2D eigenvalue weighted by atomic mass is 15.2. The summed E-state index contributed by atoms with van der Waals surface area (Å²) in [6.07, 6.45) is 7.85. The highest BCUT2D eigenvalue weighted by Crippen LogP contribution is 2.35. The Bertz CT molecular complexity index is 329. The van der Waals surface area contributed by atoms with E-state index >= 15 is 0 Å². The van der Waals surface area contributed by atoms with Crippen LogP contribution in [0.4, 0.5) is 5.95 Å². The summed E-state index contributed by atoms with van der Waals surface area (Å²) in [5.41, 5.74) is 7.02. The molecule has 1 heterocycles. The Hall–Kier alpha value is -1.16. The largest absolute Gasteiger partial charge is 0.342 e. The average Bonchev–Trinajstić information content (AvgIpc) is 2.15. The summed E-state index contributed by atoms with van der Waals surface area (Å²) in [6, 6.07) is 0.139. The number of likely N-dealkylation sites (N-methyl/N-ethyl adjacent to an activating group) is 1. The maximum Gasteiger partial charge on any atom is 0.225 e. The average molecular weight is 220 g/mol. The van der Waals surface area contributed by atoms with E-state index in [1.165, 1.54) is 24.8 Å². The minimum Gasteiger partial charge on any atom is -0.342 e. The monoisotopic (exact) mass is 220 g/mol. The zero-order valence-electron chi connectivity index (χ0n) is 10.1. The highest BCUT2D eigenvalue weighted by molar-refractivity contribution is 5.29. The second-order valence-electron chi connectivity index (χ2n) is 4.80. The smallest absolute Gasteiger partial charge is 0.225 e. The first-order valence-corrected chi connectivity index (χ1v) is 5.95. The Morgan fingerprint density at radius 2 is 2.06 bits per heavy atom. The van der Waals surface area contributed by atoms with E-state index in [2.05, 4.69) is 9.97 Å². The predicted molar refractivity (Wildman–Crippen MR) is 65.5 cm³/mol. The Morgan fingerprint density at radius 3 is 2.50 bits per heavy atom. The van der Waals surface area contributed by atoms with Crippen LogP contribution in [-0.4, -0.2) is 29.6 Å². The number of aromatic nitrogens is 2. The summed E-state index contributed by atoms with van der Waals surface area (Å²) < 4.78 is 0. The summed E-state index contributed by atoms with van der Waals surface area (Å²) in [4.78, 5) is 10.8. The van der Waals surface area contributed by atoms with Crippen LogP contribution >= 0.6 is 0 Å². The number of nitrogens with zero attached hydrogens (tertiary/aromatic N) is 3. The Balaban J connectivity index is 2.00. The van der Waals surface area contributed by atoms with Gasteiger partial charge in [-0.1, -0.05) is 6.42 Å². The standard InChI is InChI=1S/C12H20N4/c1-9(13)8-16(2)12-14-6-11(7-15-12)10-4-3-5-10/h6-7,9-10H,3-5,8,13H2,1-2H3. The molecule has 2 N–H and O–H groups in total. The van der Waals surface area contributed by atoms with Crippen LogP contribution in [0.2, 0.25) is 0 Å². The molecule has 1 aromatic heterocycles. The quantitative estimate of drug-likeness (QED) is 0.836. The molecule has 88 valence electrons. The molecular weight excluding hydrogens is 200 g/mol. The molecule has 1 fully saturated rings. The molecule has 0 bridgehead atoms. The van der Waals surface area contributed by atoms with Gasteiger partial charge >= 0.3 is 0 Å². The van der Waals surface area contributed by atoms with Crippen LogP contribution in [-0.2, 0) is 0 Å². The maximum atomic E-state index is 5.74. The van der Waals surface area contributed by atoms with Crippen LogP contribution in [0.1, 0.15) is 37.7 Å². The predicted octanol–water partition coefficient (Wildman–Crippen LogP) is 1.53. The number of rotatable bonds is 4. The lowest BCUT2D eigenvalue weighted by atomic mass is 9.81. The summed E-state index contributed by atoms with van der Waals surface area (Å²) in [5.74, 6) is 1.47. The third-order valence-electron chi connectivity index (χ3n) is 3.14. The van der Waals surface area contributed by atoms with Crippen molar-refractivity contribution in [3.63, 3.8) is 0 Å². The van der Waals surface area contributed by atoms with Gasteiger partial charge in [0.1, 0.15) is 0 Å². The fraction of sp³-hybridized carbons (Fsp3) is 0.667. The summed E-state index contributed by atoms with van der Waals surface area (Å²) in [7, 11) is 1.97. The molecule has 1 aliphatic rings. The molecule has 0 saturated heterocycles. The lowest BCUT2D eigenvalue weighted by Crippen LogP contribution is -2.33. The molecule has 0 aromatic carbocycles. The summed E-state index contributed by atoms with van der Waals surface area (Å²) in [6.45, 7) is 2.77. The first kappa shape index (κ1) is 11.3. The van der Waals surface area contributed by atoms with Crippen molar-refractivity contribution in [2.45, 2.75) is 38.1 Å². The van der Waals surface area contributed by atoms with E-state index in [-0.39, 0.29) is 6.04 Å². The van der Waals surface area contributed by atoms with Crippen LogP contribution in [0, 0.1) is 0 Å². The molecule has 16 heavy (non-hydrogen) atoms. The first-order chi connectivity index (χ1) is 7.66. The first-order valence-electron chi connectivity index (χ1n) is 5.95. The Morgan fingerprint density at radius 1 is 1.44 bits per heavy atom. The van der Waals surface area contributed by atoms with Gasteiger partial charge in [0.2, 0.25) is 5.95 Å². The van der Waals surface area contributed by atoms with Gasteiger partial charge in [-0.2, -0.15) is 0 Å². The Kier molecular flexibility index (Phi) is 3.39. The van der Waals surface area contributed by atoms with Gasteiger partial charge in [0, 0.05) is 32.0 Å². The fourth-order valence-corrected chi connectivity index (χ4v) is 1.99. The van der Waals surface area contributed by atoms with Gasteiger partial charge in [-0.15, -0.1) is 0 Å². The van der Waals surface area contributed by atoms with Crippen molar-refractivity contribution in [3.8, 4) is 0 Å². The van der Waals surface area contributed by atoms with E-state index in [0.29, 0.717) is 5.92 Å². The van der Waals surface area contributed by atoms with Gasteiger partial charge in [0.15, 0.2) is 0 Å². The van der Waals surface area contributed by atoms with E-state index in [0.717, 1.165) is 12.5 Å². The van der Waals surface area contributed by atoms with Crippen molar-refractivity contribution < 1.29 is 0 Å².